The maximum atomic E-state index is 13.1. The number of rotatable bonds is 6. The van der Waals surface area contributed by atoms with Gasteiger partial charge in [-0.1, -0.05) is 34.8 Å². The van der Waals surface area contributed by atoms with Crippen molar-refractivity contribution in [1.82, 2.24) is 0 Å². The highest BCUT2D eigenvalue weighted by Gasteiger charge is 2.30. The molecule has 0 spiro atoms. The van der Waals surface area contributed by atoms with Crippen molar-refractivity contribution in [2.24, 2.45) is 0 Å². The number of anilines is 1. The molecule has 2 rings (SSSR count). The molecule has 0 saturated heterocycles. The second-order valence-electron chi connectivity index (χ2n) is 4.98. The Morgan fingerprint density at radius 2 is 1.73 bits per heavy atom. The fourth-order valence-electron chi connectivity index (χ4n) is 2.10. The zero-order valence-electron chi connectivity index (χ0n) is 13.7. The number of sulfonamides is 1. The maximum absolute atomic E-state index is 13.1. The largest absolute Gasteiger partial charge is 0.495 e. The summed E-state index contributed by atoms with van der Waals surface area (Å²) in [6, 6.07) is 8.31. The molecule has 10 heteroatoms. The Bertz CT molecular complexity index is 933. The van der Waals surface area contributed by atoms with Crippen molar-refractivity contribution in [3.05, 3.63) is 51.5 Å². The van der Waals surface area contributed by atoms with Gasteiger partial charge in [0.2, 0.25) is 0 Å². The Morgan fingerprint density at radius 3 is 2.31 bits per heavy atom. The predicted molar refractivity (Wildman–Crippen MR) is 101 cm³/mol. The standard InChI is InChI=1S/C16H14Cl3NO5S/c1-24-14-6-4-11(8-13(14)19)20(9-16(21)25-2)26(22,23)15-7-10(17)3-5-12(15)18/h3-8H,9H2,1-2H3. The summed E-state index contributed by atoms with van der Waals surface area (Å²) in [5, 5.41) is 0.315. The van der Waals surface area contributed by atoms with Crippen LogP contribution in [0.3, 0.4) is 0 Å². The molecule has 0 amide bonds. The lowest BCUT2D eigenvalue weighted by Gasteiger charge is -2.24. The van der Waals surface area contributed by atoms with Crippen molar-refractivity contribution in [3.63, 3.8) is 0 Å². The first kappa shape index (κ1) is 20.6. The summed E-state index contributed by atoms with van der Waals surface area (Å²) < 4.78 is 36.7. The van der Waals surface area contributed by atoms with Gasteiger partial charge in [-0.25, -0.2) is 8.42 Å². The Labute approximate surface area is 166 Å². The highest BCUT2D eigenvalue weighted by Crippen LogP contribution is 2.34. The maximum Gasteiger partial charge on any atom is 0.326 e. The van der Waals surface area contributed by atoms with Crippen LogP contribution in [-0.2, 0) is 19.6 Å². The van der Waals surface area contributed by atoms with E-state index in [0.717, 1.165) is 11.4 Å². The van der Waals surface area contributed by atoms with E-state index in [2.05, 4.69) is 4.74 Å². The number of ether oxygens (including phenoxy) is 2. The van der Waals surface area contributed by atoms with E-state index in [-0.39, 0.29) is 25.7 Å². The van der Waals surface area contributed by atoms with E-state index < -0.39 is 22.5 Å². The van der Waals surface area contributed by atoms with Gasteiger partial charge in [0.15, 0.2) is 0 Å². The molecule has 0 unspecified atom stereocenters. The number of carbonyl (C=O) groups excluding carboxylic acids is 1. The van der Waals surface area contributed by atoms with Crippen LogP contribution in [0.2, 0.25) is 15.1 Å². The molecule has 0 aliphatic heterocycles. The van der Waals surface area contributed by atoms with Crippen LogP contribution in [0.1, 0.15) is 0 Å². The van der Waals surface area contributed by atoms with Gasteiger partial charge in [-0.2, -0.15) is 0 Å². The van der Waals surface area contributed by atoms with Crippen molar-refractivity contribution in [3.8, 4) is 5.75 Å². The van der Waals surface area contributed by atoms with Gasteiger partial charge in [0.05, 0.1) is 30.0 Å². The van der Waals surface area contributed by atoms with Crippen LogP contribution >= 0.6 is 34.8 Å². The lowest BCUT2D eigenvalue weighted by atomic mass is 10.3. The van der Waals surface area contributed by atoms with Crippen LogP contribution in [0.4, 0.5) is 5.69 Å². The van der Waals surface area contributed by atoms with Crippen molar-refractivity contribution in [2.75, 3.05) is 25.1 Å². The third-order valence-corrected chi connectivity index (χ3v) is 6.17. The second-order valence-corrected chi connectivity index (χ2v) is 8.06. The van der Waals surface area contributed by atoms with E-state index in [4.69, 9.17) is 39.5 Å². The molecule has 0 N–H and O–H groups in total. The zero-order valence-corrected chi connectivity index (χ0v) is 16.8. The molecular formula is C16H14Cl3NO5S. The summed E-state index contributed by atoms with van der Waals surface area (Å²) in [5.74, 6) is -0.412. The molecule has 140 valence electrons. The van der Waals surface area contributed by atoms with Crippen LogP contribution in [-0.4, -0.2) is 35.2 Å². The van der Waals surface area contributed by atoms with Gasteiger partial charge < -0.3 is 9.47 Å². The Morgan fingerprint density at radius 1 is 1.04 bits per heavy atom. The lowest BCUT2D eigenvalue weighted by Crippen LogP contribution is -2.36. The normalized spacial score (nSPS) is 11.1. The van der Waals surface area contributed by atoms with E-state index in [0.29, 0.717) is 5.75 Å². The number of hydrogen-bond donors (Lipinski definition) is 0. The number of esters is 1. The molecule has 0 fully saturated rings. The van der Waals surface area contributed by atoms with E-state index >= 15 is 0 Å². The second kappa shape index (κ2) is 8.35. The van der Waals surface area contributed by atoms with Crippen molar-refractivity contribution in [1.29, 1.82) is 0 Å². The van der Waals surface area contributed by atoms with Crippen molar-refractivity contribution in [2.45, 2.75) is 4.90 Å². The predicted octanol–water partition coefficient (Wildman–Crippen LogP) is 4.02. The average molecular weight is 439 g/mol. The lowest BCUT2D eigenvalue weighted by molar-refractivity contribution is -0.138. The average Bonchev–Trinajstić information content (AvgIpc) is 2.61. The van der Waals surface area contributed by atoms with Crippen LogP contribution in [0, 0.1) is 0 Å². The monoisotopic (exact) mass is 437 g/mol. The fourth-order valence-corrected chi connectivity index (χ4v) is 4.49. The number of halogens is 3. The van der Waals surface area contributed by atoms with Crippen LogP contribution in [0.5, 0.6) is 5.75 Å². The minimum Gasteiger partial charge on any atom is -0.495 e. The van der Waals surface area contributed by atoms with Gasteiger partial charge in [-0.05, 0) is 36.4 Å². The summed E-state index contributed by atoms with van der Waals surface area (Å²) >= 11 is 18.0. The first-order valence-corrected chi connectivity index (χ1v) is 9.66. The molecule has 0 heterocycles. The molecule has 0 saturated carbocycles. The summed E-state index contributed by atoms with van der Waals surface area (Å²) in [5.41, 5.74) is 0.136. The minimum atomic E-state index is -4.23. The van der Waals surface area contributed by atoms with E-state index in [1.807, 2.05) is 0 Å². The summed E-state index contributed by atoms with van der Waals surface area (Å²) in [4.78, 5) is 11.5. The Kier molecular flexibility index (Phi) is 6.63. The van der Waals surface area contributed by atoms with Crippen LogP contribution in [0.15, 0.2) is 41.3 Å². The third kappa shape index (κ3) is 4.35. The zero-order chi connectivity index (χ0) is 19.5. The molecule has 2 aromatic carbocycles. The first-order valence-electron chi connectivity index (χ1n) is 7.09. The van der Waals surface area contributed by atoms with E-state index in [9.17, 15) is 13.2 Å². The molecule has 0 bridgehead atoms. The number of nitrogens with zero attached hydrogens (tertiary/aromatic N) is 1. The third-order valence-electron chi connectivity index (χ3n) is 3.39. The van der Waals surface area contributed by atoms with Crippen LogP contribution < -0.4 is 9.04 Å². The number of benzene rings is 2. The number of carbonyl (C=O) groups is 1. The summed E-state index contributed by atoms with van der Waals surface area (Å²) in [6.45, 7) is -0.579. The van der Waals surface area contributed by atoms with Gasteiger partial charge >= 0.3 is 5.97 Å². The fraction of sp³-hybridized carbons (Fsp3) is 0.188. The SMILES string of the molecule is COC(=O)CN(c1ccc(OC)c(Cl)c1)S(=O)(=O)c1cc(Cl)ccc1Cl. The molecule has 0 aliphatic rings. The smallest absolute Gasteiger partial charge is 0.326 e. The minimum absolute atomic E-state index is 0.0381. The molecule has 2 aromatic rings. The number of hydrogen-bond acceptors (Lipinski definition) is 5. The molecule has 0 radical (unpaired) electrons. The molecule has 26 heavy (non-hydrogen) atoms. The van der Waals surface area contributed by atoms with Gasteiger partial charge in [0.1, 0.15) is 17.2 Å². The Hall–Kier alpha value is -1.67. The van der Waals surface area contributed by atoms with Gasteiger partial charge in [0.25, 0.3) is 10.0 Å². The number of methoxy groups -OCH3 is 2. The topological polar surface area (TPSA) is 72.9 Å². The molecule has 0 atom stereocenters. The molecule has 6 nitrogen and oxygen atoms in total. The summed E-state index contributed by atoms with van der Waals surface area (Å²) in [7, 11) is -1.65. The van der Waals surface area contributed by atoms with Crippen molar-refractivity contribution < 1.29 is 22.7 Å². The van der Waals surface area contributed by atoms with Gasteiger partial charge in [-0.15, -0.1) is 0 Å². The molecule has 0 aromatic heterocycles. The summed E-state index contributed by atoms with van der Waals surface area (Å²) in [6.07, 6.45) is 0. The Balaban J connectivity index is 2.62. The van der Waals surface area contributed by atoms with E-state index in [1.54, 1.807) is 0 Å². The van der Waals surface area contributed by atoms with Gasteiger partial charge in [-0.3, -0.25) is 9.10 Å². The highest BCUT2D eigenvalue weighted by molar-refractivity contribution is 7.93. The molecular weight excluding hydrogens is 425 g/mol. The highest BCUT2D eigenvalue weighted by atomic mass is 35.5. The molecule has 0 aliphatic carbocycles. The first-order chi connectivity index (χ1) is 12.2. The quantitative estimate of drug-likeness (QED) is 0.637. The van der Waals surface area contributed by atoms with Crippen LogP contribution in [0.25, 0.3) is 0 Å². The van der Waals surface area contributed by atoms with E-state index in [1.165, 1.54) is 43.5 Å². The van der Waals surface area contributed by atoms with Gasteiger partial charge in [0, 0.05) is 5.02 Å². The van der Waals surface area contributed by atoms with Crippen molar-refractivity contribution >= 4 is 56.5 Å².